The number of allylic oxidation sites excluding steroid dienone is 2. The highest BCUT2D eigenvalue weighted by atomic mass is 32.1. The number of hydrogen-bond donors (Lipinski definition) is 0. The third kappa shape index (κ3) is 4.56. The SMILES string of the molecule is O=C1C(=Cc2cc3c(s2)-c2cc4c(cc2OC32CCCCC2)-c2sc(C=C3C(=O)c5ccccc5C3=O)cc2C2(CCCCC2)O4)C(=O)c2ccccc21. The van der Waals surface area contributed by atoms with Crippen molar-refractivity contribution in [2.75, 3.05) is 0 Å². The number of rotatable bonds is 2. The monoisotopic (exact) mass is 746 g/mol. The molecule has 266 valence electrons. The molecule has 0 amide bonds. The minimum Gasteiger partial charge on any atom is -0.482 e. The van der Waals surface area contributed by atoms with Crippen LogP contribution >= 0.6 is 22.7 Å². The van der Waals surface area contributed by atoms with Crippen LogP contribution in [0.15, 0.2) is 83.9 Å². The van der Waals surface area contributed by atoms with Crippen molar-refractivity contribution in [1.82, 2.24) is 0 Å². The number of ketones is 4. The molecule has 11 rings (SSSR count). The van der Waals surface area contributed by atoms with E-state index in [1.54, 1.807) is 83.4 Å². The van der Waals surface area contributed by atoms with E-state index in [0.717, 1.165) is 117 Å². The molecule has 8 heteroatoms. The van der Waals surface area contributed by atoms with E-state index < -0.39 is 11.2 Å². The molecule has 3 aromatic carbocycles. The van der Waals surface area contributed by atoms with Crippen LogP contribution < -0.4 is 9.47 Å². The Hall–Kier alpha value is -5.18. The smallest absolute Gasteiger partial charge is 0.197 e. The van der Waals surface area contributed by atoms with Crippen molar-refractivity contribution in [3.8, 4) is 32.4 Å². The molecular weight excluding hydrogens is 713 g/mol. The molecule has 0 saturated heterocycles. The molecule has 54 heavy (non-hydrogen) atoms. The largest absolute Gasteiger partial charge is 0.482 e. The van der Waals surface area contributed by atoms with Gasteiger partial charge in [0.15, 0.2) is 23.1 Å². The van der Waals surface area contributed by atoms with E-state index in [1.807, 2.05) is 0 Å². The highest BCUT2D eigenvalue weighted by Crippen LogP contribution is 2.60. The van der Waals surface area contributed by atoms with Crippen molar-refractivity contribution < 1.29 is 28.7 Å². The Morgan fingerprint density at radius 2 is 0.815 bits per heavy atom. The summed E-state index contributed by atoms with van der Waals surface area (Å²) in [5.74, 6) is 0.726. The van der Waals surface area contributed by atoms with Crippen LogP contribution in [-0.2, 0) is 11.2 Å². The molecule has 4 aliphatic carbocycles. The number of fused-ring (bicyclic) bond motifs is 10. The van der Waals surface area contributed by atoms with Crippen molar-refractivity contribution in [2.24, 2.45) is 0 Å². The molecule has 0 bridgehead atoms. The number of thiophene rings is 2. The number of benzene rings is 3. The van der Waals surface area contributed by atoms with Crippen LogP contribution in [0.2, 0.25) is 0 Å². The fourth-order valence-electron chi connectivity index (χ4n) is 9.73. The Morgan fingerprint density at radius 3 is 1.17 bits per heavy atom. The predicted octanol–water partition coefficient (Wildman–Crippen LogP) is 11.2. The fraction of sp³-hybridized carbons (Fsp3) is 0.261. The van der Waals surface area contributed by atoms with Crippen LogP contribution in [0.5, 0.6) is 11.5 Å². The number of carbonyl (C=O) groups is 4. The molecule has 0 atom stereocenters. The third-order valence-electron chi connectivity index (χ3n) is 12.4. The van der Waals surface area contributed by atoms with Crippen LogP contribution in [0, 0.1) is 0 Å². The van der Waals surface area contributed by atoms with E-state index in [9.17, 15) is 19.2 Å². The quantitative estimate of drug-likeness (QED) is 0.132. The molecular formula is C46H34O6S2. The molecule has 5 aromatic rings. The molecule has 2 aliphatic heterocycles. The zero-order valence-corrected chi connectivity index (χ0v) is 31.1. The Bertz CT molecular complexity index is 2350. The Kier molecular flexibility index (Phi) is 6.97. The molecule has 2 saturated carbocycles. The summed E-state index contributed by atoms with van der Waals surface area (Å²) in [5, 5.41) is 0. The summed E-state index contributed by atoms with van der Waals surface area (Å²) >= 11 is 3.22. The van der Waals surface area contributed by atoms with Gasteiger partial charge >= 0.3 is 0 Å². The van der Waals surface area contributed by atoms with Gasteiger partial charge in [-0.25, -0.2) is 0 Å². The van der Waals surface area contributed by atoms with Gasteiger partial charge in [-0.3, -0.25) is 19.2 Å². The number of ether oxygens (including phenoxy) is 2. The Balaban J connectivity index is 1.05. The van der Waals surface area contributed by atoms with Gasteiger partial charge < -0.3 is 9.47 Å². The third-order valence-corrected chi connectivity index (χ3v) is 14.6. The summed E-state index contributed by atoms with van der Waals surface area (Å²) in [6.45, 7) is 0. The summed E-state index contributed by atoms with van der Waals surface area (Å²) in [6.07, 6.45) is 13.6. The zero-order valence-electron chi connectivity index (χ0n) is 29.4. The number of carbonyl (C=O) groups excluding carboxylic acids is 4. The second-order valence-corrected chi connectivity index (χ2v) is 17.6. The van der Waals surface area contributed by atoms with E-state index in [2.05, 4.69) is 24.3 Å². The summed E-state index contributed by atoms with van der Waals surface area (Å²) in [5.41, 5.74) is 5.47. The summed E-state index contributed by atoms with van der Waals surface area (Å²) in [6, 6.07) is 22.7. The van der Waals surface area contributed by atoms with E-state index in [4.69, 9.17) is 9.47 Å². The molecule has 6 nitrogen and oxygen atoms in total. The normalized spacial score (nSPS) is 19.8. The van der Waals surface area contributed by atoms with Gasteiger partial charge in [0.05, 0.1) is 11.1 Å². The van der Waals surface area contributed by atoms with E-state index >= 15 is 0 Å². The maximum Gasteiger partial charge on any atom is 0.197 e. The van der Waals surface area contributed by atoms with Gasteiger partial charge in [0.2, 0.25) is 0 Å². The summed E-state index contributed by atoms with van der Waals surface area (Å²) < 4.78 is 14.3. The van der Waals surface area contributed by atoms with Gasteiger partial charge in [-0.05, 0) is 87.8 Å². The van der Waals surface area contributed by atoms with Gasteiger partial charge in [-0.1, -0.05) is 61.4 Å². The highest BCUT2D eigenvalue weighted by Gasteiger charge is 2.47. The van der Waals surface area contributed by atoms with Gasteiger partial charge in [0.1, 0.15) is 22.7 Å². The van der Waals surface area contributed by atoms with Crippen LogP contribution in [0.4, 0.5) is 0 Å². The minimum absolute atomic E-state index is 0.211. The molecule has 6 aliphatic rings. The first-order valence-electron chi connectivity index (χ1n) is 19.0. The van der Waals surface area contributed by atoms with Gasteiger partial charge in [0, 0.05) is 64.0 Å². The van der Waals surface area contributed by atoms with E-state index in [-0.39, 0.29) is 34.3 Å². The Labute approximate surface area is 320 Å². The lowest BCUT2D eigenvalue weighted by atomic mass is 9.76. The number of hydrogen-bond acceptors (Lipinski definition) is 8. The lowest BCUT2D eigenvalue weighted by molar-refractivity contribution is 0.0203. The molecule has 2 spiro atoms. The molecule has 2 fully saturated rings. The topological polar surface area (TPSA) is 86.7 Å². The summed E-state index contributed by atoms with van der Waals surface area (Å²) in [4.78, 5) is 57.4. The second kappa shape index (κ2) is 11.7. The van der Waals surface area contributed by atoms with E-state index in [1.165, 1.54) is 0 Å². The fourth-order valence-corrected chi connectivity index (χ4v) is 12.2. The van der Waals surface area contributed by atoms with Crippen molar-refractivity contribution in [3.63, 3.8) is 0 Å². The van der Waals surface area contributed by atoms with Crippen LogP contribution in [0.1, 0.15) is 127 Å². The highest BCUT2D eigenvalue weighted by molar-refractivity contribution is 7.17. The molecule has 2 aromatic heterocycles. The Morgan fingerprint density at radius 1 is 0.463 bits per heavy atom. The van der Waals surface area contributed by atoms with E-state index in [0.29, 0.717) is 22.3 Å². The first-order chi connectivity index (χ1) is 26.3. The lowest BCUT2D eigenvalue weighted by Gasteiger charge is -2.44. The first kappa shape index (κ1) is 32.3. The van der Waals surface area contributed by atoms with Crippen LogP contribution in [0.25, 0.3) is 33.0 Å². The predicted molar refractivity (Wildman–Crippen MR) is 210 cm³/mol. The maximum absolute atomic E-state index is 13.4. The molecule has 0 unspecified atom stereocenters. The first-order valence-corrected chi connectivity index (χ1v) is 20.6. The minimum atomic E-state index is -0.499. The van der Waals surface area contributed by atoms with Crippen molar-refractivity contribution in [1.29, 1.82) is 0 Å². The van der Waals surface area contributed by atoms with Gasteiger partial charge in [0.25, 0.3) is 0 Å². The standard InChI is InChI=1S/C46H34O6S2/c47-39-27-11-3-4-12-28(27)40(48)33(39)19-25-21-35-43(53-25)31-24-38-32(23-37(31)51-45(35)15-7-1-8-16-45)44-36(46(52-38)17-9-2-10-18-46)22-26(54-44)20-34-41(49)29-13-5-6-14-30(29)42(34)50/h3-6,11-14,19-24H,1-2,7-10,15-18H2. The van der Waals surface area contributed by atoms with Crippen molar-refractivity contribution in [3.05, 3.63) is 127 Å². The second-order valence-electron chi connectivity index (χ2n) is 15.5. The maximum atomic E-state index is 13.4. The molecule has 0 radical (unpaired) electrons. The van der Waals surface area contributed by atoms with Gasteiger partial charge in [-0.2, -0.15) is 0 Å². The zero-order chi connectivity index (χ0) is 36.3. The number of Topliss-reactive ketones (excluding diaryl/α,β-unsaturated/α-hetero) is 4. The van der Waals surface area contributed by atoms with Crippen molar-refractivity contribution >= 4 is 58.0 Å². The van der Waals surface area contributed by atoms with Crippen molar-refractivity contribution in [2.45, 2.75) is 75.4 Å². The lowest BCUT2D eigenvalue weighted by Crippen LogP contribution is -2.38. The van der Waals surface area contributed by atoms with Crippen LogP contribution in [-0.4, -0.2) is 23.1 Å². The molecule has 4 heterocycles. The van der Waals surface area contributed by atoms with Gasteiger partial charge in [-0.15, -0.1) is 22.7 Å². The average molecular weight is 747 g/mol. The van der Waals surface area contributed by atoms with Crippen LogP contribution in [0.3, 0.4) is 0 Å². The summed E-state index contributed by atoms with van der Waals surface area (Å²) in [7, 11) is 0. The average Bonchev–Trinajstić information content (AvgIpc) is 3.95. The molecule has 0 N–H and O–H groups in total.